The molecular weight excluding hydrogens is 303 g/mol. The SMILES string of the molecule is CCCCOCCNc1nc(C(F)(F)F)ccc1C(N)=S. The molecule has 0 aliphatic rings. The van der Waals surface area contributed by atoms with Gasteiger partial charge in [-0.05, 0) is 18.6 Å². The van der Waals surface area contributed by atoms with Crippen LogP contribution >= 0.6 is 12.2 Å². The van der Waals surface area contributed by atoms with Crippen LogP contribution in [0.2, 0.25) is 0 Å². The van der Waals surface area contributed by atoms with E-state index in [0.29, 0.717) is 19.8 Å². The minimum Gasteiger partial charge on any atom is -0.389 e. The van der Waals surface area contributed by atoms with E-state index in [0.717, 1.165) is 18.9 Å². The Morgan fingerprint density at radius 1 is 1.38 bits per heavy atom. The highest BCUT2D eigenvalue weighted by atomic mass is 32.1. The van der Waals surface area contributed by atoms with Crippen molar-refractivity contribution in [1.29, 1.82) is 0 Å². The first-order valence-corrected chi connectivity index (χ1v) is 6.96. The molecule has 1 aromatic heterocycles. The van der Waals surface area contributed by atoms with Crippen LogP contribution in [0, 0.1) is 0 Å². The molecule has 1 heterocycles. The number of nitrogens with one attached hydrogen (secondary N) is 1. The molecule has 0 amide bonds. The number of unbranched alkanes of at least 4 members (excludes halogenated alkanes) is 1. The standard InChI is InChI=1S/C13H18F3N3OS/c1-2-3-7-20-8-6-18-12-9(11(17)21)4-5-10(19-12)13(14,15)16/h4-5H,2-3,6-8H2,1H3,(H2,17,21)(H,18,19). The van der Waals surface area contributed by atoms with Crippen molar-refractivity contribution < 1.29 is 17.9 Å². The summed E-state index contributed by atoms with van der Waals surface area (Å²) in [5, 5.41) is 2.78. The van der Waals surface area contributed by atoms with Gasteiger partial charge in [0.05, 0.1) is 12.2 Å². The maximum atomic E-state index is 12.6. The topological polar surface area (TPSA) is 60.2 Å². The Labute approximate surface area is 126 Å². The zero-order valence-electron chi connectivity index (χ0n) is 11.7. The number of anilines is 1. The van der Waals surface area contributed by atoms with E-state index < -0.39 is 11.9 Å². The summed E-state index contributed by atoms with van der Waals surface area (Å²) >= 11 is 4.81. The van der Waals surface area contributed by atoms with Crippen molar-refractivity contribution in [1.82, 2.24) is 4.98 Å². The maximum Gasteiger partial charge on any atom is 0.433 e. The molecule has 0 aliphatic heterocycles. The third-order valence-electron chi connectivity index (χ3n) is 2.63. The van der Waals surface area contributed by atoms with Gasteiger partial charge in [-0.25, -0.2) is 4.98 Å². The number of halogens is 3. The monoisotopic (exact) mass is 321 g/mol. The van der Waals surface area contributed by atoms with Gasteiger partial charge in [0, 0.05) is 13.2 Å². The summed E-state index contributed by atoms with van der Waals surface area (Å²) in [4.78, 5) is 3.53. The normalized spacial score (nSPS) is 11.4. The quantitative estimate of drug-likeness (QED) is 0.569. The first kappa shape index (κ1) is 17.6. The van der Waals surface area contributed by atoms with Crippen molar-refractivity contribution >= 4 is 23.0 Å². The van der Waals surface area contributed by atoms with Crippen LogP contribution in [0.4, 0.5) is 19.0 Å². The van der Waals surface area contributed by atoms with Crippen LogP contribution < -0.4 is 11.1 Å². The number of pyridine rings is 1. The lowest BCUT2D eigenvalue weighted by molar-refractivity contribution is -0.141. The molecule has 118 valence electrons. The zero-order valence-corrected chi connectivity index (χ0v) is 12.5. The second kappa shape index (κ2) is 8.14. The van der Waals surface area contributed by atoms with E-state index in [9.17, 15) is 13.2 Å². The lowest BCUT2D eigenvalue weighted by Gasteiger charge is -2.13. The Hall–Kier alpha value is -1.41. The molecule has 1 aromatic rings. The molecule has 0 spiro atoms. The molecule has 0 saturated carbocycles. The fraction of sp³-hybridized carbons (Fsp3) is 0.538. The van der Waals surface area contributed by atoms with Gasteiger partial charge in [-0.1, -0.05) is 25.6 Å². The lowest BCUT2D eigenvalue weighted by Crippen LogP contribution is -2.19. The number of hydrogen-bond acceptors (Lipinski definition) is 4. The Kier molecular flexibility index (Phi) is 6.83. The predicted molar refractivity (Wildman–Crippen MR) is 79.3 cm³/mol. The van der Waals surface area contributed by atoms with Gasteiger partial charge in [0.2, 0.25) is 0 Å². The average molecular weight is 321 g/mol. The number of rotatable bonds is 8. The Morgan fingerprint density at radius 3 is 2.67 bits per heavy atom. The van der Waals surface area contributed by atoms with Gasteiger partial charge >= 0.3 is 6.18 Å². The van der Waals surface area contributed by atoms with Crippen LogP contribution in [0.5, 0.6) is 0 Å². The summed E-state index contributed by atoms with van der Waals surface area (Å²) in [7, 11) is 0. The van der Waals surface area contributed by atoms with E-state index >= 15 is 0 Å². The highest BCUT2D eigenvalue weighted by Gasteiger charge is 2.33. The number of thiocarbonyl (C=S) groups is 1. The fourth-order valence-corrected chi connectivity index (χ4v) is 1.71. The number of aromatic nitrogens is 1. The van der Waals surface area contributed by atoms with E-state index in [1.165, 1.54) is 6.07 Å². The maximum absolute atomic E-state index is 12.6. The largest absolute Gasteiger partial charge is 0.433 e. The molecule has 0 aromatic carbocycles. The third-order valence-corrected chi connectivity index (χ3v) is 2.85. The molecule has 0 atom stereocenters. The minimum atomic E-state index is -4.51. The summed E-state index contributed by atoms with van der Waals surface area (Å²) in [6.07, 6.45) is -2.54. The van der Waals surface area contributed by atoms with Gasteiger partial charge in [-0.2, -0.15) is 13.2 Å². The lowest BCUT2D eigenvalue weighted by atomic mass is 10.2. The molecule has 0 fully saturated rings. The number of hydrogen-bond donors (Lipinski definition) is 2. The number of nitrogens with zero attached hydrogens (tertiary/aromatic N) is 1. The van der Waals surface area contributed by atoms with Gasteiger partial charge < -0.3 is 15.8 Å². The zero-order chi connectivity index (χ0) is 15.9. The molecule has 0 radical (unpaired) electrons. The fourth-order valence-electron chi connectivity index (χ4n) is 1.54. The smallest absolute Gasteiger partial charge is 0.389 e. The molecule has 0 saturated heterocycles. The molecule has 0 bridgehead atoms. The van der Waals surface area contributed by atoms with Crippen molar-refractivity contribution in [3.8, 4) is 0 Å². The van der Waals surface area contributed by atoms with Gasteiger partial charge in [0.1, 0.15) is 16.5 Å². The van der Waals surface area contributed by atoms with E-state index in [4.69, 9.17) is 22.7 Å². The highest BCUT2D eigenvalue weighted by Crippen LogP contribution is 2.29. The van der Waals surface area contributed by atoms with E-state index in [1.807, 2.05) is 6.92 Å². The second-order valence-electron chi connectivity index (χ2n) is 4.35. The van der Waals surface area contributed by atoms with Crippen LogP contribution in [-0.4, -0.2) is 29.7 Å². The molecule has 8 heteroatoms. The molecule has 1 rings (SSSR count). The van der Waals surface area contributed by atoms with Crippen molar-refractivity contribution in [3.63, 3.8) is 0 Å². The van der Waals surface area contributed by atoms with Crippen LogP contribution in [-0.2, 0) is 10.9 Å². The third kappa shape index (κ3) is 5.84. The van der Waals surface area contributed by atoms with E-state index in [-0.39, 0.29) is 16.4 Å². The summed E-state index contributed by atoms with van der Waals surface area (Å²) in [5.74, 6) is 0.0245. The first-order valence-electron chi connectivity index (χ1n) is 6.56. The Balaban J connectivity index is 2.71. The number of ether oxygens (including phenoxy) is 1. The van der Waals surface area contributed by atoms with E-state index in [2.05, 4.69) is 10.3 Å². The van der Waals surface area contributed by atoms with Crippen LogP contribution in [0.15, 0.2) is 12.1 Å². The second-order valence-corrected chi connectivity index (χ2v) is 4.79. The molecule has 3 N–H and O–H groups in total. The van der Waals surface area contributed by atoms with Crippen molar-refractivity contribution in [3.05, 3.63) is 23.4 Å². The highest BCUT2D eigenvalue weighted by molar-refractivity contribution is 7.80. The number of alkyl halides is 3. The van der Waals surface area contributed by atoms with Crippen molar-refractivity contribution in [2.75, 3.05) is 25.1 Å². The van der Waals surface area contributed by atoms with E-state index in [1.54, 1.807) is 0 Å². The van der Waals surface area contributed by atoms with Crippen LogP contribution in [0.1, 0.15) is 31.0 Å². The van der Waals surface area contributed by atoms with Gasteiger partial charge in [-0.3, -0.25) is 0 Å². The van der Waals surface area contributed by atoms with Crippen molar-refractivity contribution in [2.45, 2.75) is 25.9 Å². The van der Waals surface area contributed by atoms with Gasteiger partial charge in [0.15, 0.2) is 0 Å². The molecule has 21 heavy (non-hydrogen) atoms. The molecular formula is C13H18F3N3OS. The summed E-state index contributed by atoms with van der Waals surface area (Å²) in [5.41, 5.74) is 4.78. The minimum absolute atomic E-state index is 0.00868. The summed E-state index contributed by atoms with van der Waals surface area (Å²) in [6, 6.07) is 2.08. The van der Waals surface area contributed by atoms with Gasteiger partial charge in [-0.15, -0.1) is 0 Å². The molecule has 0 aliphatic carbocycles. The van der Waals surface area contributed by atoms with Crippen LogP contribution in [0.3, 0.4) is 0 Å². The Bertz CT molecular complexity index is 480. The summed E-state index contributed by atoms with van der Waals surface area (Å²) < 4.78 is 43.3. The Morgan fingerprint density at radius 2 is 2.10 bits per heavy atom. The molecule has 0 unspecified atom stereocenters. The first-order chi connectivity index (χ1) is 9.86. The van der Waals surface area contributed by atoms with Crippen molar-refractivity contribution in [2.24, 2.45) is 5.73 Å². The summed E-state index contributed by atoms with van der Waals surface area (Å²) in [6.45, 7) is 3.36. The van der Waals surface area contributed by atoms with Gasteiger partial charge in [0.25, 0.3) is 0 Å². The van der Waals surface area contributed by atoms with Crippen LogP contribution in [0.25, 0.3) is 0 Å². The number of nitrogens with two attached hydrogens (primary N) is 1. The average Bonchev–Trinajstić information content (AvgIpc) is 2.41. The predicted octanol–water partition coefficient (Wildman–Crippen LogP) is 2.96. The molecule has 4 nitrogen and oxygen atoms in total.